The predicted octanol–water partition coefficient (Wildman–Crippen LogP) is 3.92. The van der Waals surface area contributed by atoms with Crippen molar-refractivity contribution >= 4 is 28.4 Å². The van der Waals surface area contributed by atoms with Gasteiger partial charge in [0, 0.05) is 30.1 Å². The second-order valence-electron chi connectivity index (χ2n) is 6.51. The van der Waals surface area contributed by atoms with Crippen LogP contribution in [0, 0.1) is 5.92 Å². The van der Waals surface area contributed by atoms with E-state index in [1.54, 1.807) is 6.20 Å². The molecule has 0 aliphatic carbocycles. The van der Waals surface area contributed by atoms with E-state index in [1.165, 1.54) is 0 Å². The maximum absolute atomic E-state index is 12.1. The Labute approximate surface area is 136 Å². The predicted molar refractivity (Wildman–Crippen MR) is 93.8 cm³/mol. The molecule has 2 N–H and O–H groups in total. The minimum absolute atomic E-state index is 0.0476. The van der Waals surface area contributed by atoms with Crippen LogP contribution in [0.2, 0.25) is 0 Å². The van der Waals surface area contributed by atoms with E-state index in [1.807, 2.05) is 6.07 Å². The number of rotatable bonds is 5. The van der Waals surface area contributed by atoms with Crippen molar-refractivity contribution in [1.82, 2.24) is 9.97 Å². The highest BCUT2D eigenvalue weighted by molar-refractivity contribution is 6.01. The number of carbonyl (C=O) groups is 1. The summed E-state index contributed by atoms with van der Waals surface area (Å²) in [6.45, 7) is 7.33. The number of carbonyl (C=O) groups excluding carboxylic acids is 1. The van der Waals surface area contributed by atoms with Crippen molar-refractivity contribution in [3.63, 3.8) is 0 Å². The summed E-state index contributed by atoms with van der Waals surface area (Å²) in [4.78, 5) is 21.3. The monoisotopic (exact) mass is 312 g/mol. The van der Waals surface area contributed by atoms with Crippen molar-refractivity contribution in [3.8, 4) is 0 Å². The van der Waals surface area contributed by atoms with E-state index < -0.39 is 0 Å². The lowest BCUT2D eigenvalue weighted by Crippen LogP contribution is -2.27. The molecule has 3 rings (SSSR count). The Morgan fingerprint density at radius 2 is 2.26 bits per heavy atom. The molecule has 0 saturated heterocycles. The van der Waals surface area contributed by atoms with E-state index in [9.17, 15) is 4.79 Å². The molecule has 0 saturated carbocycles. The first-order valence-electron chi connectivity index (χ1n) is 8.44. The van der Waals surface area contributed by atoms with Gasteiger partial charge in [-0.1, -0.05) is 33.3 Å². The highest BCUT2D eigenvalue weighted by atomic mass is 16.1. The molecule has 0 radical (unpaired) electrons. The molecule has 1 aliphatic heterocycles. The topological polar surface area (TPSA) is 66.9 Å². The molecule has 23 heavy (non-hydrogen) atoms. The van der Waals surface area contributed by atoms with E-state index in [2.05, 4.69) is 42.5 Å². The lowest BCUT2D eigenvalue weighted by Gasteiger charge is -2.29. The molecular formula is C18H24N4O. The Kier molecular flexibility index (Phi) is 4.46. The van der Waals surface area contributed by atoms with Crippen molar-refractivity contribution in [2.45, 2.75) is 46.0 Å². The molecule has 1 atom stereocenters. The average molecular weight is 312 g/mol. The number of hydrogen-bond acceptors (Lipinski definition) is 4. The van der Waals surface area contributed by atoms with Crippen LogP contribution in [-0.2, 0) is 4.79 Å². The summed E-state index contributed by atoms with van der Waals surface area (Å²) in [6, 6.07) is 4.03. The first-order chi connectivity index (χ1) is 11.1. The Morgan fingerprint density at radius 3 is 3.00 bits per heavy atom. The second-order valence-corrected chi connectivity index (χ2v) is 6.51. The minimum atomic E-state index is 0.0476. The molecule has 0 fully saturated rings. The SMILES string of the molecule is CCCCNc1nc2c(c3cccnc13)C(C(C)C)CC(=O)N2. The second kappa shape index (κ2) is 6.52. The van der Waals surface area contributed by atoms with Gasteiger partial charge in [-0.3, -0.25) is 9.78 Å². The number of nitrogens with one attached hydrogen (secondary N) is 2. The molecule has 1 aliphatic rings. The molecule has 3 heterocycles. The zero-order valence-corrected chi connectivity index (χ0v) is 14.0. The fourth-order valence-corrected chi connectivity index (χ4v) is 3.20. The van der Waals surface area contributed by atoms with Crippen molar-refractivity contribution < 1.29 is 4.79 Å². The molecule has 1 amide bonds. The largest absolute Gasteiger partial charge is 0.368 e. The van der Waals surface area contributed by atoms with Crippen molar-refractivity contribution in [2.24, 2.45) is 5.92 Å². The molecule has 0 spiro atoms. The summed E-state index contributed by atoms with van der Waals surface area (Å²) >= 11 is 0. The number of anilines is 2. The highest BCUT2D eigenvalue weighted by Gasteiger charge is 2.31. The van der Waals surface area contributed by atoms with Gasteiger partial charge in [-0.25, -0.2) is 4.98 Å². The van der Waals surface area contributed by atoms with Crippen LogP contribution in [-0.4, -0.2) is 22.4 Å². The van der Waals surface area contributed by atoms with Crippen molar-refractivity contribution in [1.29, 1.82) is 0 Å². The number of aromatic nitrogens is 2. The van der Waals surface area contributed by atoms with Gasteiger partial charge in [0.1, 0.15) is 11.3 Å². The van der Waals surface area contributed by atoms with Crippen LogP contribution in [0.3, 0.4) is 0 Å². The van der Waals surface area contributed by atoms with Crippen LogP contribution in [0.5, 0.6) is 0 Å². The summed E-state index contributed by atoms with van der Waals surface area (Å²) in [5.74, 6) is 2.06. The zero-order valence-electron chi connectivity index (χ0n) is 14.0. The van der Waals surface area contributed by atoms with Gasteiger partial charge in [0.15, 0.2) is 5.82 Å². The Bertz CT molecular complexity index is 726. The maximum Gasteiger partial charge on any atom is 0.226 e. The molecule has 1 unspecified atom stereocenters. The van der Waals surface area contributed by atoms with Crippen LogP contribution >= 0.6 is 0 Å². The fraction of sp³-hybridized carbons (Fsp3) is 0.500. The molecule has 2 aromatic rings. The standard InChI is InChI=1S/C18H24N4O/c1-4-5-8-20-18-16-12(7-6-9-19-16)15-13(11(2)3)10-14(23)21-17(15)22-18/h6-7,9,11,13H,4-5,8,10H2,1-3H3,(H2,20,21,22,23). The lowest BCUT2D eigenvalue weighted by atomic mass is 9.82. The molecular weight excluding hydrogens is 288 g/mol. The zero-order chi connectivity index (χ0) is 16.4. The maximum atomic E-state index is 12.1. The van der Waals surface area contributed by atoms with Crippen LogP contribution in [0.1, 0.15) is 51.5 Å². The quantitative estimate of drug-likeness (QED) is 0.821. The van der Waals surface area contributed by atoms with E-state index in [0.29, 0.717) is 18.2 Å². The Morgan fingerprint density at radius 1 is 1.43 bits per heavy atom. The molecule has 122 valence electrons. The number of fused-ring (bicyclic) bond motifs is 3. The molecule has 0 bridgehead atoms. The molecule has 5 nitrogen and oxygen atoms in total. The first kappa shape index (κ1) is 15.7. The van der Waals surface area contributed by atoms with Gasteiger partial charge in [-0.2, -0.15) is 0 Å². The third kappa shape index (κ3) is 3.00. The summed E-state index contributed by atoms with van der Waals surface area (Å²) in [5, 5.41) is 7.42. The fourth-order valence-electron chi connectivity index (χ4n) is 3.20. The average Bonchev–Trinajstić information content (AvgIpc) is 2.54. The first-order valence-corrected chi connectivity index (χ1v) is 8.44. The summed E-state index contributed by atoms with van der Waals surface area (Å²) in [6.07, 6.45) is 4.51. The molecule has 2 aromatic heterocycles. The van der Waals surface area contributed by atoms with Gasteiger partial charge in [0.2, 0.25) is 5.91 Å². The Hall–Kier alpha value is -2.17. The number of unbranched alkanes of at least 4 members (excludes halogenated alkanes) is 1. The van der Waals surface area contributed by atoms with Gasteiger partial charge < -0.3 is 10.6 Å². The Balaban J connectivity index is 2.15. The van der Waals surface area contributed by atoms with Crippen LogP contribution < -0.4 is 10.6 Å². The highest BCUT2D eigenvalue weighted by Crippen LogP contribution is 2.41. The minimum Gasteiger partial charge on any atom is -0.368 e. The molecule has 0 aromatic carbocycles. The van der Waals surface area contributed by atoms with E-state index in [4.69, 9.17) is 4.98 Å². The van der Waals surface area contributed by atoms with Gasteiger partial charge in [0.05, 0.1) is 0 Å². The third-order valence-electron chi connectivity index (χ3n) is 4.46. The van der Waals surface area contributed by atoms with Crippen molar-refractivity contribution in [2.75, 3.05) is 17.2 Å². The van der Waals surface area contributed by atoms with E-state index in [-0.39, 0.29) is 11.8 Å². The summed E-state index contributed by atoms with van der Waals surface area (Å²) in [5.41, 5.74) is 2.02. The van der Waals surface area contributed by atoms with Crippen molar-refractivity contribution in [3.05, 3.63) is 23.9 Å². The number of nitrogens with zero attached hydrogens (tertiary/aromatic N) is 2. The number of hydrogen-bond donors (Lipinski definition) is 2. The smallest absolute Gasteiger partial charge is 0.226 e. The van der Waals surface area contributed by atoms with Gasteiger partial charge >= 0.3 is 0 Å². The van der Waals surface area contributed by atoms with E-state index >= 15 is 0 Å². The van der Waals surface area contributed by atoms with Gasteiger partial charge in [-0.15, -0.1) is 0 Å². The van der Waals surface area contributed by atoms with E-state index in [0.717, 1.165) is 41.7 Å². The van der Waals surface area contributed by atoms with Crippen LogP contribution in [0.25, 0.3) is 10.9 Å². The lowest BCUT2D eigenvalue weighted by molar-refractivity contribution is -0.117. The number of amides is 1. The van der Waals surface area contributed by atoms with Gasteiger partial charge in [-0.05, 0) is 24.3 Å². The van der Waals surface area contributed by atoms with Crippen LogP contribution in [0.15, 0.2) is 18.3 Å². The normalized spacial score (nSPS) is 17.2. The third-order valence-corrected chi connectivity index (χ3v) is 4.46. The number of pyridine rings is 2. The van der Waals surface area contributed by atoms with Crippen LogP contribution in [0.4, 0.5) is 11.6 Å². The molecule has 5 heteroatoms. The summed E-state index contributed by atoms with van der Waals surface area (Å²) in [7, 11) is 0. The summed E-state index contributed by atoms with van der Waals surface area (Å²) < 4.78 is 0. The van der Waals surface area contributed by atoms with Gasteiger partial charge in [0.25, 0.3) is 0 Å².